The van der Waals surface area contributed by atoms with E-state index in [2.05, 4.69) is 28.1 Å². The van der Waals surface area contributed by atoms with Crippen LogP contribution >= 0.6 is 0 Å². The van der Waals surface area contributed by atoms with Gasteiger partial charge in [0, 0.05) is 0 Å². The molecule has 0 saturated carbocycles. The lowest BCUT2D eigenvalue weighted by Crippen LogP contribution is -2.35. The van der Waals surface area contributed by atoms with Gasteiger partial charge in [-0.1, -0.05) is 32.6 Å². The lowest BCUT2D eigenvalue weighted by atomic mass is 10.1. The van der Waals surface area contributed by atoms with Gasteiger partial charge in [-0.2, -0.15) is 8.42 Å². The maximum Gasteiger partial charge on any atom is 0.264 e. The van der Waals surface area contributed by atoms with E-state index in [-0.39, 0.29) is 5.75 Å². The van der Waals surface area contributed by atoms with Gasteiger partial charge in [0.15, 0.2) is 0 Å². The average molecular weight is 282 g/mol. The van der Waals surface area contributed by atoms with Crippen molar-refractivity contribution in [3.8, 4) is 0 Å². The fraction of sp³-hybridized carbons (Fsp3) is 1.00. The second-order valence-electron chi connectivity index (χ2n) is 5.65. The Morgan fingerprint density at radius 2 is 1.28 bits per heavy atom. The summed E-state index contributed by atoms with van der Waals surface area (Å²) >= 11 is 0. The molecule has 0 bridgehead atoms. The van der Waals surface area contributed by atoms with E-state index >= 15 is 0 Å². The Hall–Kier alpha value is -0.130. The topological polar surface area (TPSA) is 54.4 Å². The van der Waals surface area contributed by atoms with Gasteiger partial charge >= 0.3 is 0 Å². The summed E-state index contributed by atoms with van der Waals surface area (Å²) in [6.07, 6.45) is 8.48. The molecule has 5 heteroatoms. The first-order chi connectivity index (χ1) is 8.12. The highest BCUT2D eigenvalue weighted by molar-refractivity contribution is 7.85. The summed E-state index contributed by atoms with van der Waals surface area (Å²) < 4.78 is 28.0. The van der Waals surface area contributed by atoms with Crippen molar-refractivity contribution in [1.29, 1.82) is 0 Å². The molecule has 0 aliphatic rings. The number of hydrogen-bond donors (Lipinski definition) is 1. The maximum absolute atomic E-state index is 9.56. The van der Waals surface area contributed by atoms with E-state index in [1.807, 2.05) is 0 Å². The van der Waals surface area contributed by atoms with Gasteiger partial charge in [0.1, 0.15) is 0 Å². The molecule has 112 valence electrons. The molecule has 18 heavy (non-hydrogen) atoms. The Morgan fingerprint density at radius 3 is 1.61 bits per heavy atom. The van der Waals surface area contributed by atoms with Gasteiger partial charge in [-0.3, -0.25) is 4.55 Å². The van der Waals surface area contributed by atoms with E-state index in [4.69, 9.17) is 4.55 Å². The highest BCUT2D eigenvalue weighted by Crippen LogP contribution is 2.06. The quantitative estimate of drug-likeness (QED) is 0.423. The third-order valence-corrected chi connectivity index (χ3v) is 3.28. The van der Waals surface area contributed by atoms with Gasteiger partial charge in [-0.15, -0.1) is 0 Å². The molecule has 0 aromatic rings. The summed E-state index contributed by atoms with van der Waals surface area (Å²) in [5.74, 6) is -0.201. The zero-order valence-corrected chi connectivity index (χ0v) is 13.6. The van der Waals surface area contributed by atoms with E-state index < -0.39 is 10.1 Å². The molecule has 0 radical (unpaired) electrons. The molecule has 0 fully saturated rings. The molecule has 4 nitrogen and oxygen atoms in total. The highest BCUT2D eigenvalue weighted by atomic mass is 32.2. The molecule has 0 aliphatic carbocycles. The third kappa shape index (κ3) is 24.9. The van der Waals surface area contributed by atoms with Crippen LogP contribution in [0.5, 0.6) is 0 Å². The minimum Gasteiger partial charge on any atom is -0.331 e. The van der Waals surface area contributed by atoms with Crippen LogP contribution in [0.2, 0.25) is 0 Å². The number of unbranched alkanes of at least 4 members (excludes halogenated alkanes) is 5. The summed E-state index contributed by atoms with van der Waals surface area (Å²) in [4.78, 5) is 0. The number of hydrogen-bond acceptors (Lipinski definition) is 2. The molecule has 0 unspecified atom stereocenters. The Kier molecular flexibility index (Phi) is 12.1. The van der Waals surface area contributed by atoms with Crippen LogP contribution in [0.1, 0.15) is 52.4 Å². The number of rotatable bonds is 8. The van der Waals surface area contributed by atoms with Crippen LogP contribution in [0, 0.1) is 0 Å². The van der Waals surface area contributed by atoms with Gasteiger partial charge in [0.2, 0.25) is 0 Å². The first-order valence-electron chi connectivity index (χ1n) is 6.88. The van der Waals surface area contributed by atoms with Gasteiger partial charge in [-0.25, -0.2) is 0 Å². The SMILES string of the molecule is CCCCCCCC[N+](C)(C)C.CCS(=O)(=O)O. The molecular weight excluding hydrogens is 250 g/mol. The van der Waals surface area contributed by atoms with Crippen LogP contribution in [0.4, 0.5) is 0 Å². The smallest absolute Gasteiger partial charge is 0.264 e. The summed E-state index contributed by atoms with van der Waals surface area (Å²) in [5.41, 5.74) is 0. The van der Waals surface area contributed by atoms with Crippen LogP contribution in [-0.2, 0) is 10.1 Å². The van der Waals surface area contributed by atoms with Crippen molar-refractivity contribution in [3.63, 3.8) is 0 Å². The Morgan fingerprint density at radius 1 is 0.889 bits per heavy atom. The van der Waals surface area contributed by atoms with Crippen molar-refractivity contribution >= 4 is 10.1 Å². The lowest BCUT2D eigenvalue weighted by molar-refractivity contribution is -0.870. The normalized spacial score (nSPS) is 11.9. The van der Waals surface area contributed by atoms with Crippen molar-refractivity contribution in [2.45, 2.75) is 52.4 Å². The van der Waals surface area contributed by atoms with Crippen LogP contribution in [0.3, 0.4) is 0 Å². The molecule has 0 aliphatic heterocycles. The van der Waals surface area contributed by atoms with Crippen molar-refractivity contribution in [1.82, 2.24) is 0 Å². The molecule has 0 amide bonds. The zero-order valence-electron chi connectivity index (χ0n) is 12.8. The maximum atomic E-state index is 9.56. The molecule has 0 aromatic carbocycles. The standard InChI is InChI=1S/C11H26N.C2H6O3S/c1-5-6-7-8-9-10-11-12(2,3)4;1-2-6(3,4)5/h5-11H2,1-4H3;2H2,1H3,(H,3,4,5)/q+1;. The first-order valence-corrected chi connectivity index (χ1v) is 8.49. The number of nitrogens with zero attached hydrogens (tertiary/aromatic N) is 1. The van der Waals surface area contributed by atoms with Crippen molar-refractivity contribution in [3.05, 3.63) is 0 Å². The van der Waals surface area contributed by atoms with Crippen LogP contribution in [-0.4, -0.2) is 50.9 Å². The molecule has 0 atom stereocenters. The summed E-state index contributed by atoms with van der Waals surface area (Å²) in [5, 5.41) is 0. The molecule has 0 aromatic heterocycles. The highest BCUT2D eigenvalue weighted by Gasteiger charge is 2.04. The third-order valence-electron chi connectivity index (χ3n) is 2.55. The summed E-state index contributed by atoms with van der Waals surface area (Å²) in [6, 6.07) is 0. The van der Waals surface area contributed by atoms with E-state index in [1.54, 1.807) is 0 Å². The van der Waals surface area contributed by atoms with Crippen LogP contribution < -0.4 is 0 Å². The summed E-state index contributed by atoms with van der Waals surface area (Å²) in [7, 11) is 3.15. The lowest BCUT2D eigenvalue weighted by Gasteiger charge is -2.23. The van der Waals surface area contributed by atoms with Gasteiger partial charge in [0.05, 0.1) is 33.4 Å². The monoisotopic (exact) mass is 282 g/mol. The van der Waals surface area contributed by atoms with Crippen LogP contribution in [0.15, 0.2) is 0 Å². The average Bonchev–Trinajstić information content (AvgIpc) is 2.22. The fourth-order valence-corrected chi connectivity index (χ4v) is 1.37. The van der Waals surface area contributed by atoms with E-state index in [0.717, 1.165) is 4.48 Å². The largest absolute Gasteiger partial charge is 0.331 e. The molecular formula is C13H32NO3S+. The van der Waals surface area contributed by atoms with Crippen LogP contribution in [0.25, 0.3) is 0 Å². The zero-order chi connectivity index (χ0) is 14.7. The fourth-order valence-electron chi connectivity index (χ4n) is 1.37. The Labute approximate surface area is 114 Å². The van der Waals surface area contributed by atoms with E-state index in [0.29, 0.717) is 0 Å². The first kappa shape index (κ1) is 20.2. The summed E-state index contributed by atoms with van der Waals surface area (Å²) in [6.45, 7) is 4.97. The van der Waals surface area contributed by atoms with Crippen molar-refractivity contribution in [2.24, 2.45) is 0 Å². The van der Waals surface area contributed by atoms with Gasteiger partial charge < -0.3 is 4.48 Å². The predicted molar refractivity (Wildman–Crippen MR) is 78.4 cm³/mol. The van der Waals surface area contributed by atoms with Crippen molar-refractivity contribution in [2.75, 3.05) is 33.4 Å². The molecule has 0 saturated heterocycles. The Bertz CT molecular complexity index is 268. The van der Waals surface area contributed by atoms with E-state index in [1.165, 1.54) is 52.0 Å². The van der Waals surface area contributed by atoms with E-state index in [9.17, 15) is 8.42 Å². The molecule has 0 rings (SSSR count). The Balaban J connectivity index is 0. The van der Waals surface area contributed by atoms with Gasteiger partial charge in [-0.05, 0) is 19.8 Å². The van der Waals surface area contributed by atoms with Crippen molar-refractivity contribution < 1.29 is 17.5 Å². The number of quaternary nitrogens is 1. The van der Waals surface area contributed by atoms with Gasteiger partial charge in [0.25, 0.3) is 10.1 Å². The molecule has 1 N–H and O–H groups in total. The molecule has 0 spiro atoms. The second-order valence-corrected chi connectivity index (χ2v) is 7.39. The minimum atomic E-state index is -3.66. The second kappa shape index (κ2) is 10.8. The predicted octanol–water partition coefficient (Wildman–Crippen LogP) is 2.95. The minimum absolute atomic E-state index is 0.201. The molecule has 0 heterocycles.